The molecule has 1 aromatic carbocycles. The SMILES string of the molecule is COC(=O)[C@H]1CCCCN1c1ccc2c(-c3ccccc3C)cc(=O)oc2n1. The molecule has 0 amide bonds. The second-order valence-electron chi connectivity index (χ2n) is 7.04. The Morgan fingerprint density at radius 1 is 1.18 bits per heavy atom. The Morgan fingerprint density at radius 2 is 2.00 bits per heavy atom. The smallest absolute Gasteiger partial charge is 0.338 e. The van der Waals surface area contributed by atoms with Gasteiger partial charge in [-0.2, -0.15) is 4.98 Å². The number of aryl methyl sites for hydroxylation is 1. The number of anilines is 1. The molecule has 0 spiro atoms. The number of rotatable bonds is 3. The Bertz CT molecular complexity index is 1090. The van der Waals surface area contributed by atoms with Gasteiger partial charge in [-0.25, -0.2) is 9.59 Å². The predicted octanol–water partition coefficient (Wildman–Crippen LogP) is 3.70. The van der Waals surface area contributed by atoms with Crippen molar-refractivity contribution in [1.82, 2.24) is 4.98 Å². The van der Waals surface area contributed by atoms with E-state index in [0.29, 0.717) is 12.4 Å². The summed E-state index contributed by atoms with van der Waals surface area (Å²) >= 11 is 0. The number of methoxy groups -OCH3 is 1. The van der Waals surface area contributed by atoms with E-state index in [1.807, 2.05) is 48.2 Å². The molecule has 0 bridgehead atoms. The number of pyridine rings is 1. The highest BCUT2D eigenvalue weighted by Crippen LogP contribution is 2.31. The molecule has 0 N–H and O–H groups in total. The van der Waals surface area contributed by atoms with E-state index in [4.69, 9.17) is 9.15 Å². The molecule has 2 aromatic heterocycles. The Hall–Kier alpha value is -3.15. The lowest BCUT2D eigenvalue weighted by molar-refractivity contribution is -0.142. The summed E-state index contributed by atoms with van der Waals surface area (Å²) in [5, 5.41) is 0.768. The Morgan fingerprint density at radius 3 is 2.79 bits per heavy atom. The molecule has 1 aliphatic heterocycles. The highest BCUT2D eigenvalue weighted by atomic mass is 16.5. The summed E-state index contributed by atoms with van der Waals surface area (Å²) < 4.78 is 10.4. The largest absolute Gasteiger partial charge is 0.467 e. The Kier molecular flexibility index (Phi) is 4.86. The van der Waals surface area contributed by atoms with Crippen LogP contribution in [-0.4, -0.2) is 30.6 Å². The van der Waals surface area contributed by atoms with Crippen LogP contribution in [0.1, 0.15) is 24.8 Å². The van der Waals surface area contributed by atoms with Gasteiger partial charge in [0.1, 0.15) is 11.9 Å². The van der Waals surface area contributed by atoms with Crippen molar-refractivity contribution in [3.8, 4) is 11.1 Å². The highest BCUT2D eigenvalue weighted by Gasteiger charge is 2.30. The Balaban J connectivity index is 1.83. The van der Waals surface area contributed by atoms with Gasteiger partial charge in [0, 0.05) is 23.6 Å². The van der Waals surface area contributed by atoms with E-state index in [-0.39, 0.29) is 17.7 Å². The molecular weight excluding hydrogens is 356 g/mol. The van der Waals surface area contributed by atoms with Gasteiger partial charge in [0.15, 0.2) is 0 Å². The third-order valence-electron chi connectivity index (χ3n) is 5.30. The molecular formula is C22H22N2O4. The van der Waals surface area contributed by atoms with Crippen LogP contribution in [0.3, 0.4) is 0 Å². The van der Waals surface area contributed by atoms with Crippen molar-refractivity contribution in [2.24, 2.45) is 0 Å². The molecule has 1 atom stereocenters. The van der Waals surface area contributed by atoms with Gasteiger partial charge in [0.2, 0.25) is 5.71 Å². The maximum Gasteiger partial charge on any atom is 0.338 e. The standard InChI is InChI=1S/C22H22N2O4/c1-14-7-3-4-8-15(14)17-13-20(25)28-21-16(17)10-11-19(23-21)24-12-6-5-9-18(24)22(26)27-2/h3-4,7-8,10-11,13,18H,5-6,9,12H2,1-2H3/t18-/m1/s1. The number of ether oxygens (including phenoxy) is 1. The van der Waals surface area contributed by atoms with Crippen molar-refractivity contribution in [3.63, 3.8) is 0 Å². The van der Waals surface area contributed by atoms with E-state index in [1.54, 1.807) is 0 Å². The van der Waals surface area contributed by atoms with E-state index >= 15 is 0 Å². The summed E-state index contributed by atoms with van der Waals surface area (Å²) in [4.78, 5) is 30.9. The van der Waals surface area contributed by atoms with Gasteiger partial charge in [0.05, 0.1) is 7.11 Å². The second-order valence-corrected chi connectivity index (χ2v) is 7.04. The predicted molar refractivity (Wildman–Crippen MR) is 107 cm³/mol. The number of fused-ring (bicyclic) bond motifs is 1. The van der Waals surface area contributed by atoms with Gasteiger partial charge >= 0.3 is 11.6 Å². The van der Waals surface area contributed by atoms with Gasteiger partial charge in [0.25, 0.3) is 0 Å². The van der Waals surface area contributed by atoms with Crippen LogP contribution < -0.4 is 10.5 Å². The van der Waals surface area contributed by atoms with Crippen LogP contribution in [0.4, 0.5) is 5.82 Å². The summed E-state index contributed by atoms with van der Waals surface area (Å²) in [6.07, 6.45) is 2.66. The fourth-order valence-corrected chi connectivity index (χ4v) is 3.88. The number of aromatic nitrogens is 1. The summed E-state index contributed by atoms with van der Waals surface area (Å²) in [6, 6.07) is 12.8. The molecule has 4 rings (SSSR count). The normalized spacial score (nSPS) is 16.9. The number of carbonyl (C=O) groups is 1. The molecule has 0 saturated carbocycles. The zero-order valence-corrected chi connectivity index (χ0v) is 16.0. The van der Waals surface area contributed by atoms with Crippen molar-refractivity contribution < 1.29 is 13.9 Å². The van der Waals surface area contributed by atoms with Gasteiger partial charge in [-0.05, 0) is 49.4 Å². The quantitative estimate of drug-likeness (QED) is 0.647. The zero-order valence-electron chi connectivity index (χ0n) is 16.0. The first-order valence-corrected chi connectivity index (χ1v) is 9.44. The van der Waals surface area contributed by atoms with Crippen molar-refractivity contribution >= 4 is 22.9 Å². The van der Waals surface area contributed by atoms with E-state index < -0.39 is 5.63 Å². The fraction of sp³-hybridized carbons (Fsp3) is 0.318. The Labute approximate surface area is 162 Å². The first-order valence-electron chi connectivity index (χ1n) is 9.44. The lowest BCUT2D eigenvalue weighted by Gasteiger charge is -2.34. The average Bonchev–Trinajstić information content (AvgIpc) is 2.72. The number of piperidine rings is 1. The number of carbonyl (C=O) groups excluding carboxylic acids is 1. The molecule has 3 heterocycles. The molecule has 144 valence electrons. The summed E-state index contributed by atoms with van der Waals surface area (Å²) in [5.74, 6) is 0.351. The lowest BCUT2D eigenvalue weighted by atomic mass is 9.98. The fourth-order valence-electron chi connectivity index (χ4n) is 3.88. The van der Waals surface area contributed by atoms with Crippen molar-refractivity contribution in [1.29, 1.82) is 0 Å². The molecule has 1 saturated heterocycles. The van der Waals surface area contributed by atoms with Gasteiger partial charge < -0.3 is 14.1 Å². The van der Waals surface area contributed by atoms with Gasteiger partial charge in [-0.15, -0.1) is 0 Å². The number of esters is 1. The minimum absolute atomic E-state index is 0.267. The molecule has 1 fully saturated rings. The number of nitrogens with zero attached hydrogens (tertiary/aromatic N) is 2. The van der Waals surface area contributed by atoms with Crippen LogP contribution in [0.15, 0.2) is 51.7 Å². The minimum atomic E-state index is -0.446. The first-order chi connectivity index (χ1) is 13.6. The van der Waals surface area contributed by atoms with E-state index in [2.05, 4.69) is 4.98 Å². The van der Waals surface area contributed by atoms with Crippen LogP contribution in [0.2, 0.25) is 0 Å². The maximum atomic E-state index is 12.2. The molecule has 0 aliphatic carbocycles. The summed E-state index contributed by atoms with van der Waals surface area (Å²) in [7, 11) is 1.40. The zero-order chi connectivity index (χ0) is 19.7. The van der Waals surface area contributed by atoms with Crippen molar-refractivity contribution in [3.05, 3.63) is 58.4 Å². The maximum absolute atomic E-state index is 12.2. The second kappa shape index (κ2) is 7.46. The van der Waals surface area contributed by atoms with Crippen LogP contribution in [-0.2, 0) is 9.53 Å². The van der Waals surface area contributed by atoms with Gasteiger partial charge in [-0.3, -0.25) is 0 Å². The third kappa shape index (κ3) is 3.26. The minimum Gasteiger partial charge on any atom is -0.467 e. The third-order valence-corrected chi connectivity index (χ3v) is 5.30. The van der Waals surface area contributed by atoms with Crippen LogP contribution >= 0.6 is 0 Å². The van der Waals surface area contributed by atoms with Crippen LogP contribution in [0.25, 0.3) is 22.2 Å². The molecule has 1 aliphatic rings. The van der Waals surface area contributed by atoms with E-state index in [1.165, 1.54) is 13.2 Å². The summed E-state index contributed by atoms with van der Waals surface area (Å²) in [6.45, 7) is 2.71. The first kappa shape index (κ1) is 18.2. The highest BCUT2D eigenvalue weighted by molar-refractivity contribution is 5.93. The molecule has 6 nitrogen and oxygen atoms in total. The van der Waals surface area contributed by atoms with E-state index in [0.717, 1.165) is 41.3 Å². The molecule has 6 heteroatoms. The van der Waals surface area contributed by atoms with Crippen molar-refractivity contribution in [2.75, 3.05) is 18.6 Å². The molecule has 3 aromatic rings. The summed E-state index contributed by atoms with van der Waals surface area (Å²) in [5.41, 5.74) is 2.67. The van der Waals surface area contributed by atoms with Crippen LogP contribution in [0, 0.1) is 6.92 Å². The number of hydrogen-bond acceptors (Lipinski definition) is 6. The topological polar surface area (TPSA) is 72.6 Å². The van der Waals surface area contributed by atoms with Crippen molar-refractivity contribution in [2.45, 2.75) is 32.2 Å². The van der Waals surface area contributed by atoms with Crippen LogP contribution in [0.5, 0.6) is 0 Å². The molecule has 0 unspecified atom stereocenters. The number of hydrogen-bond donors (Lipinski definition) is 0. The average molecular weight is 378 g/mol. The monoisotopic (exact) mass is 378 g/mol. The van der Waals surface area contributed by atoms with Gasteiger partial charge in [-0.1, -0.05) is 24.3 Å². The lowest BCUT2D eigenvalue weighted by Crippen LogP contribution is -2.45. The molecule has 0 radical (unpaired) electrons. The number of benzene rings is 1. The van der Waals surface area contributed by atoms with E-state index in [9.17, 15) is 9.59 Å². The molecule has 28 heavy (non-hydrogen) atoms.